The van der Waals surface area contributed by atoms with Crippen LogP contribution in [0.5, 0.6) is 5.19 Å². The summed E-state index contributed by atoms with van der Waals surface area (Å²) >= 11 is 1.53. The highest BCUT2D eigenvalue weighted by Gasteiger charge is 2.31. The summed E-state index contributed by atoms with van der Waals surface area (Å²) in [5, 5.41) is 0.662. The predicted molar refractivity (Wildman–Crippen MR) is 88.4 cm³/mol. The summed E-state index contributed by atoms with van der Waals surface area (Å²) in [6, 6.07) is 11.5. The van der Waals surface area contributed by atoms with Crippen molar-refractivity contribution in [2.75, 3.05) is 13.1 Å². The van der Waals surface area contributed by atoms with E-state index in [-0.39, 0.29) is 12.0 Å². The van der Waals surface area contributed by atoms with Crippen molar-refractivity contribution in [3.8, 4) is 5.19 Å². The van der Waals surface area contributed by atoms with E-state index in [1.165, 1.54) is 17.4 Å². The highest BCUT2D eigenvalue weighted by atomic mass is 32.1. The summed E-state index contributed by atoms with van der Waals surface area (Å²) in [7, 11) is 0. The smallest absolute Gasteiger partial charge is 0.274 e. The summed E-state index contributed by atoms with van der Waals surface area (Å²) in [6.45, 7) is 1.16. The molecule has 6 heteroatoms. The molecule has 4 rings (SSSR count). The molecule has 0 saturated carbocycles. The van der Waals surface area contributed by atoms with E-state index in [0.29, 0.717) is 24.0 Å². The van der Waals surface area contributed by atoms with E-state index in [0.717, 1.165) is 10.2 Å². The van der Waals surface area contributed by atoms with Crippen LogP contribution in [0.25, 0.3) is 16.3 Å². The lowest BCUT2D eigenvalue weighted by molar-refractivity contribution is -0.134. The standard InChI is InChI=1S/C17H14N2O3S/c20-16(8-7-12-4-3-9-21-12)19-10-13(11-19)22-17-18-14-5-1-2-6-15(14)23-17/h1-9,13H,10-11H2/b8-7+. The van der Waals surface area contributed by atoms with Crippen molar-refractivity contribution < 1.29 is 13.9 Å². The van der Waals surface area contributed by atoms with Crippen LogP contribution >= 0.6 is 11.3 Å². The van der Waals surface area contributed by atoms with Crippen molar-refractivity contribution in [3.05, 3.63) is 54.5 Å². The molecule has 1 aliphatic rings. The molecule has 3 aromatic rings. The third-order valence-corrected chi connectivity index (χ3v) is 4.56. The minimum atomic E-state index is -0.0365. The molecule has 1 aromatic carbocycles. The number of hydrogen-bond donors (Lipinski definition) is 0. The van der Waals surface area contributed by atoms with Crippen LogP contribution in [-0.4, -0.2) is 35.0 Å². The number of likely N-dealkylation sites (tertiary alicyclic amines) is 1. The molecule has 1 amide bonds. The first-order chi connectivity index (χ1) is 11.3. The fourth-order valence-electron chi connectivity index (χ4n) is 2.38. The molecule has 0 radical (unpaired) electrons. The van der Waals surface area contributed by atoms with Crippen LogP contribution in [0.2, 0.25) is 0 Å². The molecule has 0 unspecified atom stereocenters. The van der Waals surface area contributed by atoms with Gasteiger partial charge in [-0.05, 0) is 30.3 Å². The fourth-order valence-corrected chi connectivity index (χ4v) is 3.26. The van der Waals surface area contributed by atoms with Gasteiger partial charge in [-0.2, -0.15) is 0 Å². The van der Waals surface area contributed by atoms with Gasteiger partial charge < -0.3 is 14.1 Å². The van der Waals surface area contributed by atoms with Crippen molar-refractivity contribution >= 4 is 33.5 Å². The number of benzene rings is 1. The Morgan fingerprint density at radius 1 is 1.30 bits per heavy atom. The Morgan fingerprint density at radius 3 is 2.96 bits per heavy atom. The number of hydrogen-bond acceptors (Lipinski definition) is 5. The molecule has 1 aliphatic heterocycles. The van der Waals surface area contributed by atoms with Crippen LogP contribution in [-0.2, 0) is 4.79 Å². The van der Waals surface area contributed by atoms with Gasteiger partial charge in [-0.3, -0.25) is 4.79 Å². The number of amides is 1. The van der Waals surface area contributed by atoms with Crippen LogP contribution in [0.15, 0.2) is 53.2 Å². The fraction of sp³-hybridized carbons (Fsp3) is 0.176. The van der Waals surface area contributed by atoms with E-state index >= 15 is 0 Å². The maximum Gasteiger partial charge on any atom is 0.274 e. The summed E-state index contributed by atoms with van der Waals surface area (Å²) in [5.74, 6) is 0.631. The van der Waals surface area contributed by atoms with Gasteiger partial charge >= 0.3 is 0 Å². The Balaban J connectivity index is 1.31. The summed E-state index contributed by atoms with van der Waals surface area (Å²) < 4.78 is 12.1. The number of carbonyl (C=O) groups excluding carboxylic acids is 1. The van der Waals surface area contributed by atoms with Crippen molar-refractivity contribution in [1.29, 1.82) is 0 Å². The molecule has 23 heavy (non-hydrogen) atoms. The third-order valence-electron chi connectivity index (χ3n) is 3.63. The average Bonchev–Trinajstić information content (AvgIpc) is 3.16. The number of furan rings is 1. The zero-order chi connectivity index (χ0) is 15.6. The Labute approximate surface area is 136 Å². The number of aromatic nitrogens is 1. The van der Waals surface area contributed by atoms with Crippen molar-refractivity contribution in [2.45, 2.75) is 6.10 Å². The maximum atomic E-state index is 12.0. The largest absolute Gasteiger partial charge is 0.465 e. The molecule has 0 N–H and O–H groups in total. The number of carbonyl (C=O) groups is 1. The zero-order valence-electron chi connectivity index (χ0n) is 12.2. The third kappa shape index (κ3) is 2.98. The molecule has 0 atom stereocenters. The first-order valence-electron chi connectivity index (χ1n) is 7.31. The first kappa shape index (κ1) is 14.0. The molecule has 0 spiro atoms. The highest BCUT2D eigenvalue weighted by molar-refractivity contribution is 7.20. The van der Waals surface area contributed by atoms with Crippen LogP contribution in [0.3, 0.4) is 0 Å². The highest BCUT2D eigenvalue weighted by Crippen LogP contribution is 2.29. The topological polar surface area (TPSA) is 55.6 Å². The summed E-state index contributed by atoms with van der Waals surface area (Å²) in [6.07, 6.45) is 4.78. The first-order valence-corrected chi connectivity index (χ1v) is 8.12. The van der Waals surface area contributed by atoms with E-state index in [1.54, 1.807) is 29.4 Å². The van der Waals surface area contributed by atoms with Gasteiger partial charge in [0.1, 0.15) is 11.9 Å². The van der Waals surface area contributed by atoms with E-state index in [4.69, 9.17) is 9.15 Å². The molecule has 3 heterocycles. The second kappa shape index (κ2) is 5.89. The molecule has 1 fully saturated rings. The van der Waals surface area contributed by atoms with Crippen molar-refractivity contribution in [3.63, 3.8) is 0 Å². The molecule has 2 aromatic heterocycles. The lowest BCUT2D eigenvalue weighted by Gasteiger charge is -2.37. The summed E-state index contributed by atoms with van der Waals surface area (Å²) in [5.41, 5.74) is 0.945. The number of nitrogens with zero attached hydrogens (tertiary/aromatic N) is 2. The second-order valence-electron chi connectivity index (χ2n) is 5.28. The van der Waals surface area contributed by atoms with Gasteiger partial charge in [-0.25, -0.2) is 4.98 Å². The van der Waals surface area contributed by atoms with E-state index in [9.17, 15) is 4.79 Å². The van der Waals surface area contributed by atoms with Gasteiger partial charge in [0.25, 0.3) is 5.19 Å². The Bertz CT molecular complexity index is 815. The minimum Gasteiger partial charge on any atom is -0.465 e. The van der Waals surface area contributed by atoms with Gasteiger partial charge in [0.2, 0.25) is 5.91 Å². The van der Waals surface area contributed by atoms with Gasteiger partial charge in [-0.15, -0.1) is 0 Å². The van der Waals surface area contributed by atoms with Crippen LogP contribution in [0.4, 0.5) is 0 Å². The normalized spacial score (nSPS) is 15.2. The molecular weight excluding hydrogens is 312 g/mol. The number of ether oxygens (including phenoxy) is 1. The van der Waals surface area contributed by atoms with Gasteiger partial charge in [0, 0.05) is 6.08 Å². The lowest BCUT2D eigenvalue weighted by Crippen LogP contribution is -2.55. The van der Waals surface area contributed by atoms with Gasteiger partial charge in [0.05, 0.1) is 29.6 Å². The molecule has 0 aliphatic carbocycles. The number of fused-ring (bicyclic) bond motifs is 1. The maximum absolute atomic E-state index is 12.0. The Hall–Kier alpha value is -2.60. The van der Waals surface area contributed by atoms with E-state index < -0.39 is 0 Å². The van der Waals surface area contributed by atoms with Crippen molar-refractivity contribution in [2.24, 2.45) is 0 Å². The van der Waals surface area contributed by atoms with Gasteiger partial charge in [-0.1, -0.05) is 23.5 Å². The van der Waals surface area contributed by atoms with Crippen LogP contribution < -0.4 is 4.74 Å². The van der Waals surface area contributed by atoms with Gasteiger partial charge in [0.15, 0.2) is 0 Å². The molecule has 0 bridgehead atoms. The van der Waals surface area contributed by atoms with Crippen LogP contribution in [0.1, 0.15) is 5.76 Å². The molecule has 1 saturated heterocycles. The van der Waals surface area contributed by atoms with E-state index in [1.807, 2.05) is 24.3 Å². The minimum absolute atomic E-state index is 0.0107. The van der Waals surface area contributed by atoms with E-state index in [2.05, 4.69) is 4.98 Å². The van der Waals surface area contributed by atoms with Crippen LogP contribution in [0, 0.1) is 0 Å². The predicted octanol–water partition coefficient (Wildman–Crippen LogP) is 3.19. The number of para-hydroxylation sites is 1. The van der Waals surface area contributed by atoms with Crippen molar-refractivity contribution in [1.82, 2.24) is 9.88 Å². The zero-order valence-corrected chi connectivity index (χ0v) is 13.0. The number of thiazole rings is 1. The quantitative estimate of drug-likeness (QED) is 0.691. The Kier molecular flexibility index (Phi) is 3.59. The lowest BCUT2D eigenvalue weighted by atomic mass is 10.1. The monoisotopic (exact) mass is 326 g/mol. The second-order valence-corrected chi connectivity index (χ2v) is 6.27. The molecule has 116 valence electrons. The Morgan fingerprint density at radius 2 is 2.17 bits per heavy atom. The average molecular weight is 326 g/mol. The molecule has 5 nitrogen and oxygen atoms in total. The number of rotatable bonds is 4. The summed E-state index contributed by atoms with van der Waals surface area (Å²) in [4.78, 5) is 18.2. The molecular formula is C17H14N2O3S. The SMILES string of the molecule is O=C(/C=C/c1ccco1)N1CC(Oc2nc3ccccc3s2)C1.